The average molecular weight is 322 g/mol. The topological polar surface area (TPSA) is 54.0 Å². The Balaban J connectivity index is 1.57. The van der Waals surface area contributed by atoms with E-state index in [1.54, 1.807) is 12.3 Å². The van der Waals surface area contributed by atoms with Gasteiger partial charge in [0, 0.05) is 18.8 Å². The fourth-order valence-electron chi connectivity index (χ4n) is 4.09. The van der Waals surface area contributed by atoms with E-state index in [-0.39, 0.29) is 5.91 Å². The van der Waals surface area contributed by atoms with E-state index in [0.717, 1.165) is 31.0 Å². The van der Waals surface area contributed by atoms with Gasteiger partial charge < -0.3 is 10.6 Å². The van der Waals surface area contributed by atoms with Gasteiger partial charge in [0.25, 0.3) is 5.91 Å². The zero-order valence-corrected chi connectivity index (χ0v) is 14.0. The first kappa shape index (κ1) is 15.6. The van der Waals surface area contributed by atoms with E-state index in [4.69, 9.17) is 11.6 Å². The van der Waals surface area contributed by atoms with Crippen LogP contribution in [-0.4, -0.2) is 23.5 Å². The minimum absolute atomic E-state index is 0.0497. The summed E-state index contributed by atoms with van der Waals surface area (Å²) in [4.78, 5) is 16.5. The molecule has 5 heteroatoms. The highest BCUT2D eigenvalue weighted by molar-refractivity contribution is 6.29. The third-order valence-electron chi connectivity index (χ3n) is 5.20. The number of rotatable bonds is 5. The molecule has 22 heavy (non-hydrogen) atoms. The van der Waals surface area contributed by atoms with Crippen LogP contribution in [-0.2, 0) is 0 Å². The van der Waals surface area contributed by atoms with Gasteiger partial charge >= 0.3 is 0 Å². The zero-order valence-electron chi connectivity index (χ0n) is 13.3. The normalized spacial score (nSPS) is 29.6. The second kappa shape index (κ2) is 6.07. The Hall–Kier alpha value is -1.29. The Morgan fingerprint density at radius 3 is 2.73 bits per heavy atom. The molecule has 1 amide bonds. The molecule has 120 valence electrons. The molecular formula is C17H24ClN3O. The van der Waals surface area contributed by atoms with Crippen LogP contribution in [0, 0.1) is 11.3 Å². The summed E-state index contributed by atoms with van der Waals surface area (Å²) in [5, 5.41) is 6.72. The number of pyridine rings is 1. The van der Waals surface area contributed by atoms with Crippen LogP contribution in [0.4, 0.5) is 5.69 Å². The van der Waals surface area contributed by atoms with Crippen molar-refractivity contribution in [3.05, 3.63) is 23.0 Å². The molecule has 0 atom stereocenters. The lowest BCUT2D eigenvalue weighted by Gasteiger charge is -2.58. The number of hydrogen-bond acceptors (Lipinski definition) is 3. The lowest BCUT2D eigenvalue weighted by atomic mass is 9.49. The van der Waals surface area contributed by atoms with Crippen LogP contribution in [0.3, 0.4) is 0 Å². The number of carbonyl (C=O) groups is 1. The largest absolute Gasteiger partial charge is 0.385 e. The maximum absolute atomic E-state index is 12.5. The third kappa shape index (κ3) is 2.94. The highest BCUT2D eigenvalue weighted by atomic mass is 35.5. The number of amides is 1. The number of nitrogens with one attached hydrogen (secondary N) is 2. The second-order valence-electron chi connectivity index (χ2n) is 6.84. The minimum Gasteiger partial charge on any atom is -0.385 e. The minimum atomic E-state index is -0.0497. The molecule has 0 saturated heterocycles. The molecule has 2 aliphatic carbocycles. The SMILES string of the molecule is CCNc1cc(Cl)ncc1C(=O)NC1CC2(CC(CC)C2)C1. The van der Waals surface area contributed by atoms with Crippen molar-refractivity contribution in [2.75, 3.05) is 11.9 Å². The van der Waals surface area contributed by atoms with Gasteiger partial charge in [0.2, 0.25) is 0 Å². The number of anilines is 1. The Morgan fingerprint density at radius 1 is 1.36 bits per heavy atom. The van der Waals surface area contributed by atoms with Crippen LogP contribution in [0.15, 0.2) is 12.3 Å². The molecule has 1 aromatic rings. The van der Waals surface area contributed by atoms with Gasteiger partial charge in [-0.3, -0.25) is 4.79 Å². The molecule has 4 nitrogen and oxygen atoms in total. The van der Waals surface area contributed by atoms with Crippen LogP contribution >= 0.6 is 11.6 Å². The summed E-state index contributed by atoms with van der Waals surface area (Å²) >= 11 is 5.91. The van der Waals surface area contributed by atoms with E-state index < -0.39 is 0 Å². The number of halogens is 1. The Morgan fingerprint density at radius 2 is 2.09 bits per heavy atom. The highest BCUT2D eigenvalue weighted by Gasteiger charge is 2.52. The lowest BCUT2D eigenvalue weighted by molar-refractivity contribution is -0.0479. The predicted octanol–water partition coefficient (Wildman–Crippen LogP) is 3.87. The maximum atomic E-state index is 12.5. The summed E-state index contributed by atoms with van der Waals surface area (Å²) in [6.07, 6.45) is 7.81. The van der Waals surface area contributed by atoms with Crippen molar-refractivity contribution in [1.29, 1.82) is 0 Å². The molecule has 2 N–H and O–H groups in total. The van der Waals surface area contributed by atoms with Gasteiger partial charge in [0.1, 0.15) is 5.15 Å². The highest BCUT2D eigenvalue weighted by Crippen LogP contribution is 2.59. The molecule has 0 bridgehead atoms. The van der Waals surface area contributed by atoms with Crippen molar-refractivity contribution in [2.24, 2.45) is 11.3 Å². The maximum Gasteiger partial charge on any atom is 0.255 e. The molecule has 0 radical (unpaired) electrons. The van der Waals surface area contributed by atoms with Gasteiger partial charge in [0.05, 0.1) is 11.3 Å². The van der Waals surface area contributed by atoms with E-state index >= 15 is 0 Å². The van der Waals surface area contributed by atoms with Gasteiger partial charge in [-0.2, -0.15) is 0 Å². The lowest BCUT2D eigenvalue weighted by Crippen LogP contribution is -2.56. The van der Waals surface area contributed by atoms with E-state index in [9.17, 15) is 4.79 Å². The summed E-state index contributed by atoms with van der Waals surface area (Å²) in [5.74, 6) is 0.865. The number of hydrogen-bond donors (Lipinski definition) is 2. The van der Waals surface area contributed by atoms with E-state index in [2.05, 4.69) is 22.5 Å². The number of nitrogens with zero attached hydrogens (tertiary/aromatic N) is 1. The zero-order chi connectivity index (χ0) is 15.7. The van der Waals surface area contributed by atoms with Crippen LogP contribution in [0.25, 0.3) is 0 Å². The Kier molecular flexibility index (Phi) is 4.31. The molecule has 0 aromatic carbocycles. The molecule has 1 spiro atoms. The molecule has 0 aliphatic heterocycles. The van der Waals surface area contributed by atoms with Gasteiger partial charge in [0.15, 0.2) is 0 Å². The average Bonchev–Trinajstić information content (AvgIpc) is 2.40. The summed E-state index contributed by atoms with van der Waals surface area (Å²) in [5.41, 5.74) is 1.87. The van der Waals surface area contributed by atoms with Crippen molar-refractivity contribution in [3.63, 3.8) is 0 Å². The molecule has 2 fully saturated rings. The Bertz CT molecular complexity index is 561. The molecule has 2 aliphatic rings. The number of aromatic nitrogens is 1. The van der Waals surface area contributed by atoms with E-state index in [1.165, 1.54) is 19.3 Å². The van der Waals surface area contributed by atoms with Gasteiger partial charge in [-0.1, -0.05) is 24.9 Å². The van der Waals surface area contributed by atoms with Crippen molar-refractivity contribution in [3.8, 4) is 0 Å². The molecule has 0 unspecified atom stereocenters. The van der Waals surface area contributed by atoms with Crippen LogP contribution in [0.1, 0.15) is 56.3 Å². The summed E-state index contributed by atoms with van der Waals surface area (Å²) in [6, 6.07) is 2.02. The predicted molar refractivity (Wildman–Crippen MR) is 89.3 cm³/mol. The summed E-state index contributed by atoms with van der Waals surface area (Å²) in [7, 11) is 0. The molecule has 3 rings (SSSR count). The van der Waals surface area contributed by atoms with Gasteiger partial charge in [-0.05, 0) is 50.0 Å². The first-order chi connectivity index (χ1) is 10.5. The molecular weight excluding hydrogens is 298 g/mol. The van der Waals surface area contributed by atoms with Crippen molar-refractivity contribution in [2.45, 2.75) is 52.0 Å². The van der Waals surface area contributed by atoms with Crippen LogP contribution < -0.4 is 10.6 Å². The quantitative estimate of drug-likeness (QED) is 0.810. The van der Waals surface area contributed by atoms with E-state index in [0.29, 0.717) is 22.2 Å². The van der Waals surface area contributed by atoms with Crippen molar-refractivity contribution >= 4 is 23.2 Å². The fraction of sp³-hybridized carbons (Fsp3) is 0.647. The van der Waals surface area contributed by atoms with Crippen LogP contribution in [0.5, 0.6) is 0 Å². The number of carbonyl (C=O) groups excluding carboxylic acids is 1. The standard InChI is InChI=1S/C17H24ClN3O/c1-3-11-6-17(7-11)8-12(9-17)21-16(22)13-10-20-15(18)5-14(13)19-4-2/h5,10-12H,3-4,6-9H2,1-2H3,(H,19,20)(H,21,22). The smallest absolute Gasteiger partial charge is 0.255 e. The van der Waals surface area contributed by atoms with Crippen molar-refractivity contribution < 1.29 is 4.79 Å². The van der Waals surface area contributed by atoms with Gasteiger partial charge in [-0.25, -0.2) is 4.98 Å². The Labute approximate surface area is 137 Å². The molecule has 1 aromatic heterocycles. The molecule has 1 heterocycles. The first-order valence-electron chi connectivity index (χ1n) is 8.25. The molecule has 2 saturated carbocycles. The monoisotopic (exact) mass is 321 g/mol. The summed E-state index contributed by atoms with van der Waals surface area (Å²) in [6.45, 7) is 5.00. The van der Waals surface area contributed by atoms with Crippen molar-refractivity contribution in [1.82, 2.24) is 10.3 Å². The second-order valence-corrected chi connectivity index (χ2v) is 7.23. The summed E-state index contributed by atoms with van der Waals surface area (Å²) < 4.78 is 0. The van der Waals surface area contributed by atoms with Crippen LogP contribution in [0.2, 0.25) is 5.15 Å². The van der Waals surface area contributed by atoms with E-state index in [1.807, 2.05) is 6.92 Å². The van der Waals surface area contributed by atoms with Gasteiger partial charge in [-0.15, -0.1) is 0 Å². The fourth-order valence-corrected chi connectivity index (χ4v) is 4.24. The first-order valence-corrected chi connectivity index (χ1v) is 8.63. The third-order valence-corrected chi connectivity index (χ3v) is 5.40.